The van der Waals surface area contributed by atoms with Crippen LogP contribution in [0.2, 0.25) is 0 Å². The molecule has 4 heterocycles. The van der Waals surface area contributed by atoms with Gasteiger partial charge in [0, 0.05) is 29.9 Å². The van der Waals surface area contributed by atoms with E-state index in [1.807, 2.05) is 23.3 Å². The highest BCUT2D eigenvalue weighted by Gasteiger charge is 2.14. The van der Waals surface area contributed by atoms with E-state index in [1.165, 1.54) is 0 Å². The van der Waals surface area contributed by atoms with Crippen LogP contribution in [0.4, 0.5) is 0 Å². The molecule has 0 bridgehead atoms. The summed E-state index contributed by atoms with van der Waals surface area (Å²) in [6.45, 7) is 4.94. The summed E-state index contributed by atoms with van der Waals surface area (Å²) < 4.78 is 1.94. The van der Waals surface area contributed by atoms with Gasteiger partial charge < -0.3 is 0 Å². The molecule has 0 saturated heterocycles. The molecule has 0 aliphatic carbocycles. The monoisotopic (exact) mass is 320 g/mol. The van der Waals surface area contributed by atoms with Gasteiger partial charge in [-0.1, -0.05) is 6.07 Å². The van der Waals surface area contributed by atoms with E-state index in [-0.39, 0.29) is 0 Å². The van der Waals surface area contributed by atoms with Gasteiger partial charge >= 0.3 is 0 Å². The highest BCUT2D eigenvalue weighted by Crippen LogP contribution is 2.33. The maximum absolute atomic E-state index is 4.85. The van der Waals surface area contributed by atoms with Crippen molar-refractivity contribution in [2.24, 2.45) is 0 Å². The molecule has 0 radical (unpaired) electrons. The lowest BCUT2D eigenvalue weighted by atomic mass is 10.0. The van der Waals surface area contributed by atoms with Crippen LogP contribution in [0, 0.1) is 6.92 Å². The van der Waals surface area contributed by atoms with Gasteiger partial charge in [0.05, 0.1) is 16.8 Å². The van der Waals surface area contributed by atoms with E-state index in [1.54, 1.807) is 11.3 Å². The van der Waals surface area contributed by atoms with E-state index in [0.717, 1.165) is 44.8 Å². The van der Waals surface area contributed by atoms with Crippen LogP contribution in [-0.2, 0) is 6.54 Å². The Balaban J connectivity index is 2.03. The van der Waals surface area contributed by atoms with Gasteiger partial charge in [0.1, 0.15) is 0 Å². The predicted molar refractivity (Wildman–Crippen MR) is 94.5 cm³/mol. The number of hydrogen-bond donors (Lipinski definition) is 0. The van der Waals surface area contributed by atoms with Crippen LogP contribution in [0.5, 0.6) is 0 Å². The molecule has 0 fully saturated rings. The Bertz CT molecular complexity index is 970. The van der Waals surface area contributed by atoms with Crippen molar-refractivity contribution in [3.05, 3.63) is 53.8 Å². The van der Waals surface area contributed by atoms with Crippen molar-refractivity contribution in [1.82, 2.24) is 19.7 Å². The fourth-order valence-electron chi connectivity index (χ4n) is 2.77. The molecule has 0 spiro atoms. The summed E-state index contributed by atoms with van der Waals surface area (Å²) in [4.78, 5) is 10.4. The Morgan fingerprint density at radius 1 is 1.17 bits per heavy atom. The van der Waals surface area contributed by atoms with Gasteiger partial charge in [-0.15, -0.1) is 11.3 Å². The van der Waals surface area contributed by atoms with E-state index in [9.17, 15) is 0 Å². The summed E-state index contributed by atoms with van der Waals surface area (Å²) in [7, 11) is 0. The first-order valence-electron chi connectivity index (χ1n) is 7.58. The molecule has 4 aromatic heterocycles. The number of nitrogens with zero attached hydrogens (tertiary/aromatic N) is 4. The van der Waals surface area contributed by atoms with Crippen LogP contribution in [-0.4, -0.2) is 19.7 Å². The largest absolute Gasteiger partial charge is 0.264 e. The standard InChI is InChI=1S/C18H16N4S/c1-3-22-18-15(11-20-22)14(13-7-12(2)9-19-10-13)8-16(21-18)17-5-4-6-23-17/h4-11H,3H2,1-2H3. The summed E-state index contributed by atoms with van der Waals surface area (Å²) >= 11 is 1.70. The first-order valence-corrected chi connectivity index (χ1v) is 8.46. The highest BCUT2D eigenvalue weighted by molar-refractivity contribution is 7.13. The summed E-state index contributed by atoms with van der Waals surface area (Å²) in [6.07, 6.45) is 5.68. The molecule has 0 amide bonds. The van der Waals surface area contributed by atoms with Crippen LogP contribution in [0.25, 0.3) is 32.7 Å². The van der Waals surface area contributed by atoms with E-state index in [2.05, 4.69) is 53.6 Å². The molecule has 5 heteroatoms. The van der Waals surface area contributed by atoms with Crippen molar-refractivity contribution in [3.8, 4) is 21.7 Å². The minimum absolute atomic E-state index is 0.801. The molecular formula is C18H16N4S. The molecular weight excluding hydrogens is 304 g/mol. The van der Waals surface area contributed by atoms with Crippen molar-refractivity contribution >= 4 is 22.4 Å². The lowest BCUT2D eigenvalue weighted by molar-refractivity contribution is 0.677. The Kier molecular flexibility index (Phi) is 3.42. The quantitative estimate of drug-likeness (QED) is 0.556. The molecule has 0 aliphatic heterocycles. The van der Waals surface area contributed by atoms with Gasteiger partial charge in [0.25, 0.3) is 0 Å². The SMILES string of the molecule is CCn1ncc2c(-c3cncc(C)c3)cc(-c3cccs3)nc21. The third-order valence-corrected chi connectivity index (χ3v) is 4.76. The van der Waals surface area contributed by atoms with E-state index < -0.39 is 0 Å². The molecule has 114 valence electrons. The van der Waals surface area contributed by atoms with Gasteiger partial charge in [-0.2, -0.15) is 5.10 Å². The van der Waals surface area contributed by atoms with E-state index in [0.29, 0.717) is 0 Å². The van der Waals surface area contributed by atoms with E-state index >= 15 is 0 Å². The number of thiophene rings is 1. The van der Waals surface area contributed by atoms with Crippen molar-refractivity contribution in [2.45, 2.75) is 20.4 Å². The average Bonchev–Trinajstić information content (AvgIpc) is 3.23. The number of rotatable bonds is 3. The number of hydrogen-bond acceptors (Lipinski definition) is 4. The minimum atomic E-state index is 0.801. The second kappa shape index (κ2) is 5.59. The molecule has 23 heavy (non-hydrogen) atoms. The molecule has 4 aromatic rings. The second-order valence-electron chi connectivity index (χ2n) is 5.48. The molecule has 0 saturated carbocycles. The zero-order valence-corrected chi connectivity index (χ0v) is 13.8. The zero-order chi connectivity index (χ0) is 15.8. The van der Waals surface area contributed by atoms with Crippen molar-refractivity contribution in [1.29, 1.82) is 0 Å². The lowest BCUT2D eigenvalue weighted by Gasteiger charge is -2.08. The Morgan fingerprint density at radius 2 is 2.09 bits per heavy atom. The maximum Gasteiger partial charge on any atom is 0.159 e. The highest BCUT2D eigenvalue weighted by atomic mass is 32.1. The van der Waals surface area contributed by atoms with E-state index in [4.69, 9.17) is 4.98 Å². The van der Waals surface area contributed by atoms with Crippen LogP contribution in [0.1, 0.15) is 12.5 Å². The summed E-state index contributed by atoms with van der Waals surface area (Å²) in [6, 6.07) is 8.45. The molecule has 0 unspecified atom stereocenters. The average molecular weight is 320 g/mol. The topological polar surface area (TPSA) is 43.6 Å². The molecule has 0 atom stereocenters. The minimum Gasteiger partial charge on any atom is -0.264 e. The summed E-state index contributed by atoms with van der Waals surface area (Å²) in [5, 5.41) is 7.63. The fourth-order valence-corrected chi connectivity index (χ4v) is 3.46. The van der Waals surface area contributed by atoms with Crippen LogP contribution in [0.15, 0.2) is 48.2 Å². The number of pyridine rings is 2. The molecule has 0 aliphatic rings. The van der Waals surface area contributed by atoms with Gasteiger partial charge in [0.2, 0.25) is 0 Å². The normalized spacial score (nSPS) is 11.2. The van der Waals surface area contributed by atoms with Crippen molar-refractivity contribution in [3.63, 3.8) is 0 Å². The zero-order valence-electron chi connectivity index (χ0n) is 13.0. The smallest absolute Gasteiger partial charge is 0.159 e. The number of aryl methyl sites for hydroxylation is 2. The second-order valence-corrected chi connectivity index (χ2v) is 6.43. The first-order chi connectivity index (χ1) is 11.3. The lowest BCUT2D eigenvalue weighted by Crippen LogP contribution is -1.98. The summed E-state index contributed by atoms with van der Waals surface area (Å²) in [5.74, 6) is 0. The Labute approximate surface area is 138 Å². The van der Waals surface area contributed by atoms with Gasteiger partial charge in [-0.3, -0.25) is 4.98 Å². The first kappa shape index (κ1) is 14.1. The third-order valence-electron chi connectivity index (χ3n) is 3.87. The maximum atomic E-state index is 4.85. The van der Waals surface area contributed by atoms with Crippen molar-refractivity contribution in [2.75, 3.05) is 0 Å². The van der Waals surface area contributed by atoms with Gasteiger partial charge in [-0.05, 0) is 48.6 Å². The van der Waals surface area contributed by atoms with Crippen LogP contribution < -0.4 is 0 Å². The summed E-state index contributed by atoms with van der Waals surface area (Å²) in [5.41, 5.74) is 5.29. The van der Waals surface area contributed by atoms with Crippen LogP contribution in [0.3, 0.4) is 0 Å². The Morgan fingerprint density at radius 3 is 2.83 bits per heavy atom. The number of aromatic nitrogens is 4. The third kappa shape index (κ3) is 2.43. The Hall–Kier alpha value is -2.53. The number of fused-ring (bicyclic) bond motifs is 1. The molecule has 4 rings (SSSR count). The van der Waals surface area contributed by atoms with Gasteiger partial charge in [0.15, 0.2) is 5.65 Å². The van der Waals surface area contributed by atoms with Crippen molar-refractivity contribution < 1.29 is 0 Å². The molecule has 0 N–H and O–H groups in total. The molecule has 4 nitrogen and oxygen atoms in total. The fraction of sp³-hybridized carbons (Fsp3) is 0.167. The predicted octanol–water partition coefficient (Wildman–Crippen LogP) is 4.55. The van der Waals surface area contributed by atoms with Crippen LogP contribution >= 0.6 is 11.3 Å². The molecule has 0 aromatic carbocycles. The van der Waals surface area contributed by atoms with Gasteiger partial charge in [-0.25, -0.2) is 9.67 Å².